The highest BCUT2D eigenvalue weighted by molar-refractivity contribution is 5.99. The Morgan fingerprint density at radius 3 is 2.42 bits per heavy atom. The zero-order chi connectivity index (χ0) is 13.2. The van der Waals surface area contributed by atoms with Crippen LogP contribution in [-0.2, 0) is 11.2 Å². The average molecular weight is 249 g/mol. The Kier molecular flexibility index (Phi) is 2.92. The standard InChI is InChI=1S/C17H15NO/c1-12-6-2-4-8-14(12)16-10-13-7-3-5-9-15(13)17(16)18-11-19/h2-9,11H,10H2,1H3,(H,18,19). The molecular formula is C17H15NO. The van der Waals surface area contributed by atoms with E-state index in [1.54, 1.807) is 0 Å². The molecule has 0 aliphatic heterocycles. The van der Waals surface area contributed by atoms with E-state index in [0.717, 1.165) is 24.1 Å². The fourth-order valence-electron chi connectivity index (χ4n) is 2.72. The molecule has 2 heteroatoms. The zero-order valence-electron chi connectivity index (χ0n) is 10.8. The van der Waals surface area contributed by atoms with E-state index in [1.165, 1.54) is 22.3 Å². The summed E-state index contributed by atoms with van der Waals surface area (Å²) in [5.74, 6) is 0. The number of aryl methyl sites for hydroxylation is 1. The third-order valence-corrected chi connectivity index (χ3v) is 3.63. The summed E-state index contributed by atoms with van der Waals surface area (Å²) in [6.45, 7) is 2.10. The lowest BCUT2D eigenvalue weighted by Gasteiger charge is -2.10. The van der Waals surface area contributed by atoms with Gasteiger partial charge in [-0.2, -0.15) is 0 Å². The number of carbonyl (C=O) groups excluding carboxylic acids is 1. The van der Waals surface area contributed by atoms with Crippen molar-refractivity contribution in [3.8, 4) is 0 Å². The molecule has 94 valence electrons. The molecule has 2 aromatic rings. The molecule has 0 saturated carbocycles. The molecule has 3 rings (SSSR count). The Balaban J connectivity index is 2.17. The van der Waals surface area contributed by atoms with E-state index in [-0.39, 0.29) is 0 Å². The number of hydrogen-bond acceptors (Lipinski definition) is 1. The Morgan fingerprint density at radius 2 is 1.68 bits per heavy atom. The van der Waals surface area contributed by atoms with Gasteiger partial charge in [0.25, 0.3) is 0 Å². The van der Waals surface area contributed by atoms with Crippen molar-refractivity contribution < 1.29 is 4.79 Å². The number of amides is 1. The van der Waals surface area contributed by atoms with Crippen molar-refractivity contribution in [1.82, 2.24) is 5.32 Å². The monoisotopic (exact) mass is 249 g/mol. The van der Waals surface area contributed by atoms with Gasteiger partial charge in [0.2, 0.25) is 6.41 Å². The second-order valence-corrected chi connectivity index (χ2v) is 4.76. The quantitative estimate of drug-likeness (QED) is 0.832. The third-order valence-electron chi connectivity index (χ3n) is 3.63. The van der Waals surface area contributed by atoms with Gasteiger partial charge in [-0.15, -0.1) is 0 Å². The van der Waals surface area contributed by atoms with Crippen LogP contribution in [0.5, 0.6) is 0 Å². The number of allylic oxidation sites excluding steroid dienone is 1. The topological polar surface area (TPSA) is 29.1 Å². The van der Waals surface area contributed by atoms with Gasteiger partial charge in [0.1, 0.15) is 0 Å². The molecule has 0 heterocycles. The molecule has 19 heavy (non-hydrogen) atoms. The van der Waals surface area contributed by atoms with Crippen molar-refractivity contribution in [3.05, 3.63) is 70.8 Å². The van der Waals surface area contributed by atoms with E-state index >= 15 is 0 Å². The lowest BCUT2D eigenvalue weighted by Crippen LogP contribution is -2.09. The molecule has 2 aromatic carbocycles. The summed E-state index contributed by atoms with van der Waals surface area (Å²) >= 11 is 0. The van der Waals surface area contributed by atoms with Crippen LogP contribution in [0.25, 0.3) is 11.3 Å². The van der Waals surface area contributed by atoms with E-state index in [0.29, 0.717) is 0 Å². The first-order valence-electron chi connectivity index (χ1n) is 6.39. The van der Waals surface area contributed by atoms with Gasteiger partial charge in [-0.05, 0) is 29.2 Å². The smallest absolute Gasteiger partial charge is 0.211 e. The Bertz CT molecular complexity index is 670. The SMILES string of the molecule is Cc1ccccc1C1=C(NC=O)c2ccccc2C1. The van der Waals surface area contributed by atoms with Crippen LogP contribution in [0.1, 0.15) is 22.3 Å². The second kappa shape index (κ2) is 4.73. The Labute approximate surface area is 112 Å². The molecule has 0 spiro atoms. The molecule has 1 aliphatic rings. The molecule has 1 amide bonds. The molecule has 1 N–H and O–H groups in total. The average Bonchev–Trinajstić information content (AvgIpc) is 2.79. The van der Waals surface area contributed by atoms with Crippen molar-refractivity contribution in [3.63, 3.8) is 0 Å². The lowest BCUT2D eigenvalue weighted by atomic mass is 9.98. The first-order valence-corrected chi connectivity index (χ1v) is 6.39. The van der Waals surface area contributed by atoms with Gasteiger partial charge in [-0.3, -0.25) is 4.79 Å². The molecule has 0 atom stereocenters. The van der Waals surface area contributed by atoms with E-state index in [1.807, 2.05) is 24.3 Å². The highest BCUT2D eigenvalue weighted by Crippen LogP contribution is 2.37. The van der Waals surface area contributed by atoms with Crippen LogP contribution < -0.4 is 5.32 Å². The van der Waals surface area contributed by atoms with Crippen LogP contribution in [-0.4, -0.2) is 6.41 Å². The van der Waals surface area contributed by atoms with Gasteiger partial charge in [-0.25, -0.2) is 0 Å². The second-order valence-electron chi connectivity index (χ2n) is 4.76. The van der Waals surface area contributed by atoms with Crippen LogP contribution in [0.4, 0.5) is 0 Å². The molecule has 2 nitrogen and oxygen atoms in total. The molecule has 0 saturated heterocycles. The first-order chi connectivity index (χ1) is 9.31. The van der Waals surface area contributed by atoms with Gasteiger partial charge in [0.15, 0.2) is 0 Å². The summed E-state index contributed by atoms with van der Waals surface area (Å²) in [7, 11) is 0. The normalized spacial score (nSPS) is 13.3. The van der Waals surface area contributed by atoms with E-state index in [4.69, 9.17) is 0 Å². The minimum Gasteiger partial charge on any atom is -0.328 e. The maximum absolute atomic E-state index is 10.9. The van der Waals surface area contributed by atoms with Crippen LogP contribution in [0, 0.1) is 6.92 Å². The predicted octanol–water partition coefficient (Wildman–Crippen LogP) is 3.17. The maximum atomic E-state index is 10.9. The van der Waals surface area contributed by atoms with Gasteiger partial charge in [0.05, 0.1) is 5.70 Å². The van der Waals surface area contributed by atoms with Crippen molar-refractivity contribution in [1.29, 1.82) is 0 Å². The summed E-state index contributed by atoms with van der Waals surface area (Å²) in [6.07, 6.45) is 1.63. The third kappa shape index (κ3) is 1.95. The number of nitrogens with one attached hydrogen (secondary N) is 1. The number of benzene rings is 2. The molecule has 0 radical (unpaired) electrons. The summed E-state index contributed by atoms with van der Waals surface area (Å²) < 4.78 is 0. The maximum Gasteiger partial charge on any atom is 0.211 e. The highest BCUT2D eigenvalue weighted by Gasteiger charge is 2.22. The van der Waals surface area contributed by atoms with Crippen molar-refractivity contribution in [2.24, 2.45) is 0 Å². The first kappa shape index (κ1) is 11.7. The molecular weight excluding hydrogens is 234 g/mol. The van der Waals surface area contributed by atoms with Crippen molar-refractivity contribution in [2.75, 3.05) is 0 Å². The largest absolute Gasteiger partial charge is 0.328 e. The molecule has 0 aromatic heterocycles. The summed E-state index contributed by atoms with van der Waals surface area (Å²) in [5, 5.41) is 2.88. The highest BCUT2D eigenvalue weighted by atomic mass is 16.1. The Hall–Kier alpha value is -2.35. The van der Waals surface area contributed by atoms with Gasteiger partial charge in [-0.1, -0.05) is 48.5 Å². The lowest BCUT2D eigenvalue weighted by molar-refractivity contribution is -0.108. The minimum absolute atomic E-state index is 0.760. The zero-order valence-corrected chi connectivity index (χ0v) is 10.8. The van der Waals surface area contributed by atoms with Crippen LogP contribution in [0.3, 0.4) is 0 Å². The van der Waals surface area contributed by atoms with E-state index < -0.39 is 0 Å². The molecule has 0 bridgehead atoms. The Morgan fingerprint density at radius 1 is 1.00 bits per heavy atom. The predicted molar refractivity (Wildman–Crippen MR) is 77.3 cm³/mol. The number of rotatable bonds is 3. The van der Waals surface area contributed by atoms with Crippen molar-refractivity contribution in [2.45, 2.75) is 13.3 Å². The summed E-state index contributed by atoms with van der Waals surface area (Å²) in [5.41, 5.74) is 6.99. The van der Waals surface area contributed by atoms with Crippen LogP contribution in [0.2, 0.25) is 0 Å². The van der Waals surface area contributed by atoms with Gasteiger partial charge >= 0.3 is 0 Å². The molecule has 1 aliphatic carbocycles. The number of carbonyl (C=O) groups is 1. The number of hydrogen-bond donors (Lipinski definition) is 1. The summed E-state index contributed by atoms with van der Waals surface area (Å²) in [4.78, 5) is 10.9. The van der Waals surface area contributed by atoms with Crippen LogP contribution in [0.15, 0.2) is 48.5 Å². The fourth-order valence-corrected chi connectivity index (χ4v) is 2.72. The minimum atomic E-state index is 0.760. The van der Waals surface area contributed by atoms with Gasteiger partial charge in [0, 0.05) is 12.0 Å². The van der Waals surface area contributed by atoms with Gasteiger partial charge < -0.3 is 5.32 Å². The van der Waals surface area contributed by atoms with Crippen molar-refractivity contribution >= 4 is 17.7 Å². The number of fused-ring (bicyclic) bond motifs is 1. The summed E-state index contributed by atoms with van der Waals surface area (Å²) in [6, 6.07) is 16.5. The van der Waals surface area contributed by atoms with E-state index in [2.05, 4.69) is 36.5 Å². The molecule has 0 unspecified atom stereocenters. The fraction of sp³-hybridized carbons (Fsp3) is 0.118. The molecule has 0 fully saturated rings. The van der Waals surface area contributed by atoms with Crippen LogP contribution >= 0.6 is 0 Å². The van der Waals surface area contributed by atoms with E-state index in [9.17, 15) is 4.79 Å².